The molecule has 4 fully saturated rings. The number of nitriles is 1. The maximum Gasteiger partial charge on any atom is 0.159 e. The van der Waals surface area contributed by atoms with E-state index in [4.69, 9.17) is 14.7 Å². The quantitative estimate of drug-likeness (QED) is 0.600. The highest BCUT2D eigenvalue weighted by Crippen LogP contribution is 2.68. The first kappa shape index (κ1) is 20.4. The van der Waals surface area contributed by atoms with Gasteiger partial charge in [0.05, 0.1) is 42.5 Å². The molecule has 0 amide bonds. The average Bonchev–Trinajstić information content (AvgIpc) is 3.52. The van der Waals surface area contributed by atoms with Gasteiger partial charge in [-0.2, -0.15) is 10.4 Å². The highest BCUT2D eigenvalue weighted by molar-refractivity contribution is 5.81. The van der Waals surface area contributed by atoms with Crippen LogP contribution in [0.15, 0.2) is 30.5 Å². The molecule has 1 aromatic carbocycles. The zero-order valence-electron chi connectivity index (χ0n) is 19.6. The number of hydrogen-bond donors (Lipinski definition) is 0. The number of benzene rings is 1. The van der Waals surface area contributed by atoms with Gasteiger partial charge in [0.25, 0.3) is 0 Å². The lowest BCUT2D eigenvalue weighted by Crippen LogP contribution is -2.58. The number of ether oxygens (including phenoxy) is 1. The van der Waals surface area contributed by atoms with E-state index in [1.54, 1.807) is 0 Å². The molecular formula is C26H29N7O. The van der Waals surface area contributed by atoms with E-state index < -0.39 is 0 Å². The molecule has 0 unspecified atom stereocenters. The van der Waals surface area contributed by atoms with Crippen LogP contribution in [0.4, 0.5) is 5.82 Å². The van der Waals surface area contributed by atoms with Crippen LogP contribution in [0.3, 0.4) is 0 Å². The van der Waals surface area contributed by atoms with Gasteiger partial charge in [-0.3, -0.25) is 4.90 Å². The monoisotopic (exact) mass is 455 g/mol. The molecule has 4 heterocycles. The molecule has 8 nitrogen and oxygen atoms in total. The van der Waals surface area contributed by atoms with Crippen LogP contribution < -0.4 is 4.90 Å². The van der Waals surface area contributed by atoms with Crippen molar-refractivity contribution in [1.82, 2.24) is 24.6 Å². The van der Waals surface area contributed by atoms with Gasteiger partial charge >= 0.3 is 0 Å². The minimum atomic E-state index is -0.353. The van der Waals surface area contributed by atoms with Gasteiger partial charge in [0.1, 0.15) is 11.6 Å². The summed E-state index contributed by atoms with van der Waals surface area (Å²) in [6.07, 6.45) is 6.42. The molecule has 1 atom stereocenters. The number of aromatic nitrogens is 4. The first-order valence-electron chi connectivity index (χ1n) is 12.4. The third-order valence-corrected chi connectivity index (χ3v) is 8.44. The van der Waals surface area contributed by atoms with Gasteiger partial charge < -0.3 is 9.64 Å². The Balaban J connectivity index is 1.23. The summed E-state index contributed by atoms with van der Waals surface area (Å²) in [6, 6.07) is 11.5. The Kier molecular flexibility index (Phi) is 4.33. The lowest BCUT2D eigenvalue weighted by atomic mass is 9.57. The van der Waals surface area contributed by atoms with Crippen LogP contribution in [0.5, 0.6) is 0 Å². The van der Waals surface area contributed by atoms with Gasteiger partial charge in [0.15, 0.2) is 5.82 Å². The predicted octanol–water partition coefficient (Wildman–Crippen LogP) is 2.98. The largest absolute Gasteiger partial charge is 0.378 e. The number of aryl methyl sites for hydroxylation is 1. The Bertz CT molecular complexity index is 1310. The number of hydrogen-bond acceptors (Lipinski definition) is 7. The Morgan fingerprint density at radius 2 is 1.94 bits per heavy atom. The van der Waals surface area contributed by atoms with E-state index in [2.05, 4.69) is 39.2 Å². The first-order valence-corrected chi connectivity index (χ1v) is 12.4. The highest BCUT2D eigenvalue weighted by atomic mass is 16.5. The first-order chi connectivity index (χ1) is 16.6. The topological polar surface area (TPSA) is 83.1 Å². The van der Waals surface area contributed by atoms with Crippen molar-refractivity contribution >= 4 is 16.7 Å². The number of anilines is 1. The molecule has 2 saturated carbocycles. The maximum atomic E-state index is 10.0. The van der Waals surface area contributed by atoms with Crippen molar-refractivity contribution in [3.05, 3.63) is 41.9 Å². The minimum absolute atomic E-state index is 0.353. The van der Waals surface area contributed by atoms with Crippen LogP contribution in [-0.4, -0.2) is 70.1 Å². The summed E-state index contributed by atoms with van der Waals surface area (Å²) in [6.45, 7) is 7.45. The second-order valence-corrected chi connectivity index (χ2v) is 10.7. The molecule has 2 aliphatic carbocycles. The van der Waals surface area contributed by atoms with Crippen molar-refractivity contribution in [3.63, 3.8) is 0 Å². The van der Waals surface area contributed by atoms with Gasteiger partial charge in [-0.05, 0) is 49.7 Å². The Morgan fingerprint density at radius 3 is 2.76 bits per heavy atom. The number of nitrogens with zero attached hydrogens (tertiary/aromatic N) is 7. The molecule has 2 saturated heterocycles. The van der Waals surface area contributed by atoms with E-state index in [-0.39, 0.29) is 5.41 Å². The molecule has 174 valence electrons. The zero-order valence-corrected chi connectivity index (χ0v) is 19.6. The number of rotatable bonds is 3. The summed E-state index contributed by atoms with van der Waals surface area (Å²) >= 11 is 0. The molecular weight excluding hydrogens is 426 g/mol. The molecule has 3 aromatic rings. The van der Waals surface area contributed by atoms with Crippen LogP contribution in [0, 0.1) is 23.7 Å². The van der Waals surface area contributed by atoms with E-state index >= 15 is 0 Å². The highest BCUT2D eigenvalue weighted by Gasteiger charge is 2.61. The van der Waals surface area contributed by atoms with Crippen molar-refractivity contribution < 1.29 is 4.74 Å². The lowest BCUT2D eigenvalue weighted by Gasteiger charge is -2.44. The van der Waals surface area contributed by atoms with E-state index in [0.29, 0.717) is 11.5 Å². The lowest BCUT2D eigenvalue weighted by molar-refractivity contribution is -0.0117. The Labute approximate surface area is 199 Å². The van der Waals surface area contributed by atoms with Crippen LogP contribution in [-0.2, 0) is 10.2 Å². The Hall–Kier alpha value is -3.02. The average molecular weight is 456 g/mol. The summed E-state index contributed by atoms with van der Waals surface area (Å²) in [4.78, 5) is 14.4. The maximum absolute atomic E-state index is 10.0. The molecule has 2 aromatic heterocycles. The summed E-state index contributed by atoms with van der Waals surface area (Å²) in [7, 11) is 0. The van der Waals surface area contributed by atoms with Crippen LogP contribution in [0.1, 0.15) is 37.1 Å². The third kappa shape index (κ3) is 3.14. The second-order valence-electron chi connectivity index (χ2n) is 10.7. The van der Waals surface area contributed by atoms with Crippen molar-refractivity contribution in [2.75, 3.05) is 44.3 Å². The summed E-state index contributed by atoms with van der Waals surface area (Å²) in [5.74, 6) is 2.45. The molecule has 8 heteroatoms. The standard InChI is InChI=1S/C26H29N7O/c1-18-29-23(32-7-6-31-8-9-34-14-21(31)13-32)11-24(30-18)33-22-10-20(3-2-19(22)12-28-33)26(17-27)15-25(16-26)4-5-25/h2-3,10-12,21H,4-9,13-16H2,1H3/t21-/m0/s1. The van der Waals surface area contributed by atoms with Gasteiger partial charge in [0, 0.05) is 37.6 Å². The molecule has 0 radical (unpaired) electrons. The molecule has 34 heavy (non-hydrogen) atoms. The van der Waals surface area contributed by atoms with Gasteiger partial charge in [0.2, 0.25) is 0 Å². The van der Waals surface area contributed by atoms with Crippen LogP contribution in [0.2, 0.25) is 0 Å². The Morgan fingerprint density at radius 1 is 1.09 bits per heavy atom. The summed E-state index contributed by atoms with van der Waals surface area (Å²) < 4.78 is 7.63. The van der Waals surface area contributed by atoms with Crippen LogP contribution in [0.25, 0.3) is 16.7 Å². The van der Waals surface area contributed by atoms with E-state index in [0.717, 1.165) is 86.2 Å². The van der Waals surface area contributed by atoms with Gasteiger partial charge in [-0.25, -0.2) is 14.6 Å². The SMILES string of the molecule is Cc1nc(N2CCN3CCOC[C@@H]3C2)cc(-n2ncc3ccc(C4(C#N)CC5(CC5)C4)cc32)n1. The summed E-state index contributed by atoms with van der Waals surface area (Å²) in [5, 5.41) is 15.8. The molecule has 7 rings (SSSR count). The molecule has 0 N–H and O–H groups in total. The number of piperazine rings is 1. The zero-order chi connectivity index (χ0) is 22.9. The van der Waals surface area contributed by atoms with Crippen LogP contribution >= 0.6 is 0 Å². The van der Waals surface area contributed by atoms with Crippen molar-refractivity contribution in [1.29, 1.82) is 5.26 Å². The van der Waals surface area contributed by atoms with Gasteiger partial charge in [-0.1, -0.05) is 12.1 Å². The van der Waals surface area contributed by atoms with E-state index in [1.807, 2.05) is 23.9 Å². The molecule has 0 bridgehead atoms. The third-order valence-electron chi connectivity index (χ3n) is 8.44. The molecule has 1 spiro atoms. The second kappa shape index (κ2) is 7.24. The minimum Gasteiger partial charge on any atom is -0.378 e. The number of fused-ring (bicyclic) bond motifs is 2. The fraction of sp³-hybridized carbons (Fsp3) is 0.538. The summed E-state index contributed by atoms with van der Waals surface area (Å²) in [5.41, 5.74) is 2.21. The van der Waals surface area contributed by atoms with Crippen molar-refractivity contribution in [2.45, 2.75) is 44.1 Å². The van der Waals surface area contributed by atoms with E-state index in [1.165, 1.54) is 12.8 Å². The predicted molar refractivity (Wildman–Crippen MR) is 128 cm³/mol. The van der Waals surface area contributed by atoms with Crippen molar-refractivity contribution in [3.8, 4) is 11.9 Å². The molecule has 4 aliphatic rings. The smallest absolute Gasteiger partial charge is 0.159 e. The number of morpholine rings is 1. The van der Waals surface area contributed by atoms with Crippen molar-refractivity contribution in [2.24, 2.45) is 5.41 Å². The molecule has 2 aliphatic heterocycles. The van der Waals surface area contributed by atoms with E-state index in [9.17, 15) is 5.26 Å². The van der Waals surface area contributed by atoms with Gasteiger partial charge in [-0.15, -0.1) is 0 Å². The fourth-order valence-corrected chi connectivity index (χ4v) is 6.37. The normalized spacial score (nSPS) is 25.1. The fourth-order valence-electron chi connectivity index (χ4n) is 6.37.